The van der Waals surface area contributed by atoms with E-state index in [4.69, 9.17) is 9.84 Å². The van der Waals surface area contributed by atoms with Crippen LogP contribution in [0.3, 0.4) is 0 Å². The highest BCUT2D eigenvalue weighted by atomic mass is 16.5. The molecule has 118 valence electrons. The number of rotatable bonds is 7. The van der Waals surface area contributed by atoms with Gasteiger partial charge in [-0.15, -0.1) is 0 Å². The Hall–Kier alpha value is -2.10. The molecule has 1 aromatic carbocycles. The van der Waals surface area contributed by atoms with E-state index in [2.05, 4.69) is 32.2 Å². The average molecular weight is 300 g/mol. The molecule has 1 heterocycles. The smallest absolute Gasteiger partial charge is 0.306 e. The Morgan fingerprint density at radius 1 is 1.27 bits per heavy atom. The van der Waals surface area contributed by atoms with Gasteiger partial charge in [-0.2, -0.15) is 5.10 Å². The Kier molecular flexibility index (Phi) is 5.75. The first-order valence-corrected chi connectivity index (χ1v) is 7.86. The van der Waals surface area contributed by atoms with Crippen LogP contribution in [0.25, 0.3) is 0 Å². The topological polar surface area (TPSA) is 44.1 Å². The summed E-state index contributed by atoms with van der Waals surface area (Å²) in [6.45, 7) is 7.27. The molecule has 0 amide bonds. The molecule has 0 radical (unpaired) electrons. The van der Waals surface area contributed by atoms with Gasteiger partial charge in [-0.1, -0.05) is 44.2 Å². The first-order chi connectivity index (χ1) is 10.6. The van der Waals surface area contributed by atoms with E-state index in [1.54, 1.807) is 0 Å². The van der Waals surface area contributed by atoms with Crippen molar-refractivity contribution in [2.45, 2.75) is 46.1 Å². The van der Waals surface area contributed by atoms with Crippen molar-refractivity contribution in [3.63, 3.8) is 0 Å². The molecule has 2 rings (SSSR count). The first kappa shape index (κ1) is 16.3. The van der Waals surface area contributed by atoms with Gasteiger partial charge in [0.1, 0.15) is 0 Å². The summed E-state index contributed by atoms with van der Waals surface area (Å²) in [6, 6.07) is 10.3. The lowest BCUT2D eigenvalue weighted by molar-refractivity contribution is -0.143. The SMILES string of the molecule is CCOC(=O)CCc1cn(Cc2ccccc2)nc1C(C)C. The monoisotopic (exact) mass is 300 g/mol. The zero-order valence-corrected chi connectivity index (χ0v) is 13.6. The van der Waals surface area contributed by atoms with Gasteiger partial charge >= 0.3 is 5.97 Å². The van der Waals surface area contributed by atoms with E-state index in [1.165, 1.54) is 5.56 Å². The molecule has 0 fully saturated rings. The number of hydrogen-bond acceptors (Lipinski definition) is 3. The summed E-state index contributed by atoms with van der Waals surface area (Å²) in [6.07, 6.45) is 3.15. The molecule has 0 aliphatic heterocycles. The van der Waals surface area contributed by atoms with Gasteiger partial charge in [-0.05, 0) is 30.4 Å². The molecule has 4 nitrogen and oxygen atoms in total. The molecule has 2 aromatic rings. The summed E-state index contributed by atoms with van der Waals surface area (Å²) in [5, 5.41) is 4.69. The van der Waals surface area contributed by atoms with E-state index < -0.39 is 0 Å². The average Bonchev–Trinajstić information content (AvgIpc) is 2.90. The summed E-state index contributed by atoms with van der Waals surface area (Å²) in [7, 11) is 0. The lowest BCUT2D eigenvalue weighted by atomic mass is 10.0. The highest BCUT2D eigenvalue weighted by Gasteiger charge is 2.14. The molecule has 0 unspecified atom stereocenters. The van der Waals surface area contributed by atoms with Gasteiger partial charge in [-0.25, -0.2) is 0 Å². The van der Waals surface area contributed by atoms with E-state index in [0.29, 0.717) is 25.4 Å². The van der Waals surface area contributed by atoms with Crippen LogP contribution in [-0.4, -0.2) is 22.4 Å². The first-order valence-electron chi connectivity index (χ1n) is 7.86. The molecule has 1 aromatic heterocycles. The fourth-order valence-electron chi connectivity index (χ4n) is 2.48. The standard InChI is InChI=1S/C18H24N2O2/c1-4-22-17(21)11-10-16-13-20(19-18(16)14(2)3)12-15-8-6-5-7-9-15/h5-9,13-14H,4,10-12H2,1-3H3. The molecule has 0 aliphatic rings. The van der Waals surface area contributed by atoms with Crippen molar-refractivity contribution >= 4 is 5.97 Å². The minimum absolute atomic E-state index is 0.145. The highest BCUT2D eigenvalue weighted by molar-refractivity contribution is 5.69. The van der Waals surface area contributed by atoms with Crippen molar-refractivity contribution in [3.8, 4) is 0 Å². The van der Waals surface area contributed by atoms with Crippen molar-refractivity contribution in [3.05, 3.63) is 53.3 Å². The second-order valence-electron chi connectivity index (χ2n) is 5.68. The number of esters is 1. The minimum Gasteiger partial charge on any atom is -0.466 e. The molecular weight excluding hydrogens is 276 g/mol. The van der Waals surface area contributed by atoms with Gasteiger partial charge < -0.3 is 4.74 Å². The summed E-state index contributed by atoms with van der Waals surface area (Å²) < 4.78 is 6.96. The fraction of sp³-hybridized carbons (Fsp3) is 0.444. The predicted molar refractivity (Wildman–Crippen MR) is 86.8 cm³/mol. The second-order valence-corrected chi connectivity index (χ2v) is 5.68. The van der Waals surface area contributed by atoms with Crippen molar-refractivity contribution in [2.75, 3.05) is 6.61 Å². The second kappa shape index (κ2) is 7.78. The van der Waals surface area contributed by atoms with Crippen LogP contribution in [0.4, 0.5) is 0 Å². The van der Waals surface area contributed by atoms with Crippen LogP contribution in [0.2, 0.25) is 0 Å². The number of aromatic nitrogens is 2. The molecule has 0 aliphatic carbocycles. The predicted octanol–water partition coefficient (Wildman–Crippen LogP) is 3.55. The molecule has 0 N–H and O–H groups in total. The van der Waals surface area contributed by atoms with Crippen LogP contribution >= 0.6 is 0 Å². The van der Waals surface area contributed by atoms with Crippen molar-refractivity contribution in [1.29, 1.82) is 0 Å². The maximum atomic E-state index is 11.5. The van der Waals surface area contributed by atoms with E-state index in [-0.39, 0.29) is 5.97 Å². The Bertz CT molecular complexity index is 603. The van der Waals surface area contributed by atoms with Crippen molar-refractivity contribution in [1.82, 2.24) is 9.78 Å². The van der Waals surface area contributed by atoms with E-state index in [0.717, 1.165) is 17.8 Å². The lowest BCUT2D eigenvalue weighted by Gasteiger charge is -2.05. The third-order valence-electron chi connectivity index (χ3n) is 3.51. The van der Waals surface area contributed by atoms with Crippen LogP contribution in [0.1, 0.15) is 49.9 Å². The van der Waals surface area contributed by atoms with Gasteiger partial charge in [0.2, 0.25) is 0 Å². The normalized spacial score (nSPS) is 10.9. The van der Waals surface area contributed by atoms with Gasteiger partial charge in [0.25, 0.3) is 0 Å². The minimum atomic E-state index is -0.145. The Balaban J connectivity index is 2.10. The number of aryl methyl sites for hydroxylation is 1. The summed E-state index contributed by atoms with van der Waals surface area (Å²) in [5.41, 5.74) is 3.43. The molecule has 0 bridgehead atoms. The van der Waals surface area contributed by atoms with Crippen LogP contribution in [0.15, 0.2) is 36.5 Å². The Morgan fingerprint density at radius 2 is 2.00 bits per heavy atom. The summed E-state index contributed by atoms with van der Waals surface area (Å²) in [4.78, 5) is 11.5. The zero-order chi connectivity index (χ0) is 15.9. The van der Waals surface area contributed by atoms with Crippen LogP contribution in [-0.2, 0) is 22.5 Å². The molecule has 0 spiro atoms. The maximum Gasteiger partial charge on any atom is 0.306 e. The summed E-state index contributed by atoms with van der Waals surface area (Å²) >= 11 is 0. The molecule has 0 saturated heterocycles. The Morgan fingerprint density at radius 3 is 2.64 bits per heavy atom. The highest BCUT2D eigenvalue weighted by Crippen LogP contribution is 2.20. The van der Waals surface area contributed by atoms with Crippen LogP contribution in [0, 0.1) is 0 Å². The molecule has 4 heteroatoms. The van der Waals surface area contributed by atoms with Gasteiger partial charge in [0, 0.05) is 12.6 Å². The lowest BCUT2D eigenvalue weighted by Crippen LogP contribution is -2.06. The van der Waals surface area contributed by atoms with Crippen molar-refractivity contribution in [2.24, 2.45) is 0 Å². The van der Waals surface area contributed by atoms with Gasteiger partial charge in [-0.3, -0.25) is 9.48 Å². The molecule has 22 heavy (non-hydrogen) atoms. The molecule has 0 atom stereocenters. The van der Waals surface area contributed by atoms with Gasteiger partial charge in [0.05, 0.1) is 18.8 Å². The van der Waals surface area contributed by atoms with Crippen LogP contribution in [0.5, 0.6) is 0 Å². The van der Waals surface area contributed by atoms with Crippen molar-refractivity contribution < 1.29 is 9.53 Å². The largest absolute Gasteiger partial charge is 0.466 e. The summed E-state index contributed by atoms with van der Waals surface area (Å²) in [5.74, 6) is 0.197. The number of hydrogen-bond donors (Lipinski definition) is 0. The van der Waals surface area contributed by atoms with E-state index in [1.807, 2.05) is 29.8 Å². The van der Waals surface area contributed by atoms with Gasteiger partial charge in [0.15, 0.2) is 0 Å². The van der Waals surface area contributed by atoms with Crippen LogP contribution < -0.4 is 0 Å². The maximum absolute atomic E-state index is 11.5. The quantitative estimate of drug-likeness (QED) is 0.734. The zero-order valence-electron chi connectivity index (χ0n) is 13.6. The van der Waals surface area contributed by atoms with E-state index >= 15 is 0 Å². The Labute approximate surface area is 132 Å². The number of carbonyl (C=O) groups is 1. The number of nitrogens with zero attached hydrogens (tertiary/aromatic N) is 2. The number of carbonyl (C=O) groups excluding carboxylic acids is 1. The van der Waals surface area contributed by atoms with E-state index in [9.17, 15) is 4.79 Å². The third-order valence-corrected chi connectivity index (χ3v) is 3.51. The number of benzene rings is 1. The number of ether oxygens (including phenoxy) is 1. The fourth-order valence-corrected chi connectivity index (χ4v) is 2.48. The third kappa shape index (κ3) is 4.45. The molecule has 0 saturated carbocycles. The molecular formula is C18H24N2O2.